The molecule has 4 rings (SSSR count). The highest BCUT2D eigenvalue weighted by molar-refractivity contribution is 5.80. The van der Waals surface area contributed by atoms with Gasteiger partial charge in [0.2, 0.25) is 0 Å². The normalized spacial score (nSPS) is 11.2. The van der Waals surface area contributed by atoms with Gasteiger partial charge >= 0.3 is 0 Å². The summed E-state index contributed by atoms with van der Waals surface area (Å²) in [5.74, 6) is 0.912. The zero-order valence-corrected chi connectivity index (χ0v) is 13.5. The Morgan fingerprint density at radius 1 is 1.00 bits per heavy atom. The van der Waals surface area contributed by atoms with E-state index in [0.717, 1.165) is 34.7 Å². The Balaban J connectivity index is 1.80. The van der Waals surface area contributed by atoms with Gasteiger partial charge in [-0.15, -0.1) is 0 Å². The Bertz CT molecular complexity index is 956. The predicted molar refractivity (Wildman–Crippen MR) is 94.2 cm³/mol. The van der Waals surface area contributed by atoms with Crippen LogP contribution in [0.4, 0.5) is 0 Å². The standard InChI is InChI=1S/C19H18N4O/c1-24-12-11-22-18-10-6-5-9-17(18)21-19(22)15-13-20-23(14-15)16-7-3-2-4-8-16/h2-10,13-14H,11-12H2,1H3. The van der Waals surface area contributed by atoms with Crippen molar-refractivity contribution in [3.8, 4) is 17.1 Å². The number of methoxy groups -OCH3 is 1. The molecule has 0 bridgehead atoms. The monoisotopic (exact) mass is 318 g/mol. The fourth-order valence-electron chi connectivity index (χ4n) is 2.87. The number of ether oxygens (including phenoxy) is 1. The first kappa shape index (κ1) is 14.7. The molecule has 0 saturated heterocycles. The maximum absolute atomic E-state index is 5.26. The molecule has 4 aromatic rings. The zero-order chi connectivity index (χ0) is 16.4. The molecular formula is C19H18N4O. The molecule has 0 spiro atoms. The maximum Gasteiger partial charge on any atom is 0.144 e. The lowest BCUT2D eigenvalue weighted by Gasteiger charge is -2.07. The molecule has 0 radical (unpaired) electrons. The van der Waals surface area contributed by atoms with E-state index in [2.05, 4.69) is 15.7 Å². The van der Waals surface area contributed by atoms with Gasteiger partial charge in [-0.05, 0) is 24.3 Å². The maximum atomic E-state index is 5.26. The SMILES string of the molecule is COCCn1c(-c2cnn(-c3ccccc3)c2)nc2ccccc21. The van der Waals surface area contributed by atoms with E-state index in [0.29, 0.717) is 6.61 Å². The zero-order valence-electron chi connectivity index (χ0n) is 13.5. The van der Waals surface area contributed by atoms with E-state index in [1.807, 2.05) is 65.6 Å². The van der Waals surface area contributed by atoms with Gasteiger partial charge in [0.25, 0.3) is 0 Å². The summed E-state index contributed by atoms with van der Waals surface area (Å²) in [6.07, 6.45) is 3.87. The van der Waals surface area contributed by atoms with Gasteiger partial charge in [0, 0.05) is 19.9 Å². The molecule has 0 aliphatic carbocycles. The van der Waals surface area contributed by atoms with Crippen molar-refractivity contribution in [2.75, 3.05) is 13.7 Å². The number of nitrogens with zero attached hydrogens (tertiary/aromatic N) is 4. The smallest absolute Gasteiger partial charge is 0.144 e. The summed E-state index contributed by atoms with van der Waals surface area (Å²) in [7, 11) is 1.71. The fourth-order valence-corrected chi connectivity index (χ4v) is 2.87. The highest BCUT2D eigenvalue weighted by Gasteiger charge is 2.14. The number of para-hydroxylation sites is 3. The average molecular weight is 318 g/mol. The minimum absolute atomic E-state index is 0.639. The molecule has 0 aliphatic rings. The third-order valence-corrected chi connectivity index (χ3v) is 4.04. The number of benzene rings is 2. The summed E-state index contributed by atoms with van der Waals surface area (Å²) >= 11 is 0. The first-order chi connectivity index (χ1) is 11.9. The molecule has 0 N–H and O–H groups in total. The molecule has 5 heteroatoms. The topological polar surface area (TPSA) is 44.9 Å². The van der Waals surface area contributed by atoms with Gasteiger partial charge in [0.05, 0.1) is 35.1 Å². The minimum atomic E-state index is 0.639. The van der Waals surface area contributed by atoms with E-state index in [1.54, 1.807) is 7.11 Å². The van der Waals surface area contributed by atoms with Crippen molar-refractivity contribution >= 4 is 11.0 Å². The van der Waals surface area contributed by atoms with Crippen molar-refractivity contribution in [1.29, 1.82) is 0 Å². The molecule has 5 nitrogen and oxygen atoms in total. The molecule has 0 unspecified atom stereocenters. The van der Waals surface area contributed by atoms with Crippen LogP contribution in [0.3, 0.4) is 0 Å². The Kier molecular flexibility index (Phi) is 3.84. The number of aromatic nitrogens is 4. The quantitative estimate of drug-likeness (QED) is 0.565. The van der Waals surface area contributed by atoms with Gasteiger partial charge in [-0.25, -0.2) is 9.67 Å². The summed E-state index contributed by atoms with van der Waals surface area (Å²) in [5, 5.41) is 4.49. The van der Waals surface area contributed by atoms with Crippen LogP contribution in [0.5, 0.6) is 0 Å². The van der Waals surface area contributed by atoms with E-state index in [-0.39, 0.29) is 0 Å². The highest BCUT2D eigenvalue weighted by atomic mass is 16.5. The second-order valence-electron chi connectivity index (χ2n) is 5.58. The van der Waals surface area contributed by atoms with Crippen molar-refractivity contribution in [2.24, 2.45) is 0 Å². The van der Waals surface area contributed by atoms with E-state index in [4.69, 9.17) is 9.72 Å². The van der Waals surface area contributed by atoms with E-state index < -0.39 is 0 Å². The van der Waals surface area contributed by atoms with E-state index in [1.165, 1.54) is 0 Å². The number of fused-ring (bicyclic) bond motifs is 1. The summed E-state index contributed by atoms with van der Waals surface area (Å²) in [5.41, 5.74) is 4.11. The molecule has 24 heavy (non-hydrogen) atoms. The molecule has 120 valence electrons. The van der Waals surface area contributed by atoms with Crippen LogP contribution in [-0.2, 0) is 11.3 Å². The molecule has 0 amide bonds. The average Bonchev–Trinajstić information content (AvgIpc) is 3.25. The van der Waals surface area contributed by atoms with Gasteiger partial charge in [-0.3, -0.25) is 0 Å². The van der Waals surface area contributed by atoms with Crippen LogP contribution >= 0.6 is 0 Å². The van der Waals surface area contributed by atoms with Crippen LogP contribution in [0.2, 0.25) is 0 Å². The Labute approximate surface area is 140 Å². The molecule has 0 atom stereocenters. The lowest BCUT2D eigenvalue weighted by molar-refractivity contribution is 0.188. The van der Waals surface area contributed by atoms with Crippen LogP contribution in [0.15, 0.2) is 67.0 Å². The van der Waals surface area contributed by atoms with Crippen molar-refractivity contribution in [3.05, 3.63) is 67.0 Å². The number of imidazole rings is 1. The van der Waals surface area contributed by atoms with Crippen LogP contribution in [-0.4, -0.2) is 33.0 Å². The molecule has 2 heterocycles. The van der Waals surface area contributed by atoms with Crippen LogP contribution in [0, 0.1) is 0 Å². The van der Waals surface area contributed by atoms with E-state index >= 15 is 0 Å². The molecule has 0 fully saturated rings. The summed E-state index contributed by atoms with van der Waals surface area (Å²) < 4.78 is 9.32. The summed E-state index contributed by atoms with van der Waals surface area (Å²) in [6.45, 7) is 1.39. The number of hydrogen-bond donors (Lipinski definition) is 0. The van der Waals surface area contributed by atoms with Crippen LogP contribution < -0.4 is 0 Å². The first-order valence-electron chi connectivity index (χ1n) is 7.91. The number of hydrogen-bond acceptors (Lipinski definition) is 3. The van der Waals surface area contributed by atoms with Crippen molar-refractivity contribution < 1.29 is 4.74 Å². The van der Waals surface area contributed by atoms with E-state index in [9.17, 15) is 0 Å². The predicted octanol–water partition coefficient (Wildman–Crippen LogP) is 3.54. The second kappa shape index (κ2) is 6.29. The molecule has 0 saturated carbocycles. The number of rotatable bonds is 5. The first-order valence-corrected chi connectivity index (χ1v) is 7.91. The van der Waals surface area contributed by atoms with Crippen molar-refractivity contribution in [3.63, 3.8) is 0 Å². The third-order valence-electron chi connectivity index (χ3n) is 4.04. The summed E-state index contributed by atoms with van der Waals surface area (Å²) in [4.78, 5) is 4.80. The van der Waals surface area contributed by atoms with Crippen LogP contribution in [0.25, 0.3) is 28.1 Å². The molecule has 2 aromatic carbocycles. The fraction of sp³-hybridized carbons (Fsp3) is 0.158. The Morgan fingerprint density at radius 2 is 1.79 bits per heavy atom. The highest BCUT2D eigenvalue weighted by Crippen LogP contribution is 2.25. The molecule has 2 aromatic heterocycles. The van der Waals surface area contributed by atoms with Crippen LogP contribution in [0.1, 0.15) is 0 Å². The third kappa shape index (κ3) is 2.59. The Morgan fingerprint density at radius 3 is 2.62 bits per heavy atom. The van der Waals surface area contributed by atoms with Gasteiger partial charge in [0.1, 0.15) is 5.82 Å². The van der Waals surface area contributed by atoms with Gasteiger partial charge < -0.3 is 9.30 Å². The lowest BCUT2D eigenvalue weighted by atomic mass is 10.3. The summed E-state index contributed by atoms with van der Waals surface area (Å²) in [6, 6.07) is 18.2. The van der Waals surface area contributed by atoms with Gasteiger partial charge in [-0.1, -0.05) is 30.3 Å². The lowest BCUT2D eigenvalue weighted by Crippen LogP contribution is -2.05. The largest absolute Gasteiger partial charge is 0.383 e. The van der Waals surface area contributed by atoms with Gasteiger partial charge in [0.15, 0.2) is 0 Å². The molecule has 0 aliphatic heterocycles. The van der Waals surface area contributed by atoms with Crippen molar-refractivity contribution in [1.82, 2.24) is 19.3 Å². The van der Waals surface area contributed by atoms with Gasteiger partial charge in [-0.2, -0.15) is 5.10 Å². The minimum Gasteiger partial charge on any atom is -0.383 e. The molecular weight excluding hydrogens is 300 g/mol. The van der Waals surface area contributed by atoms with Crippen molar-refractivity contribution in [2.45, 2.75) is 6.54 Å². The Hall–Kier alpha value is -2.92. The second-order valence-corrected chi connectivity index (χ2v) is 5.58.